The van der Waals surface area contributed by atoms with Crippen molar-refractivity contribution in [2.75, 3.05) is 11.4 Å². The summed E-state index contributed by atoms with van der Waals surface area (Å²) < 4.78 is 18.4. The molecule has 0 saturated carbocycles. The number of aromatic nitrogens is 1. The SMILES string of the molecule is O=C(NCc1cc(-c2ccccc2)on1)[C@H]1CC(=O)N(c2ccc(F)cc2)C1. The first-order chi connectivity index (χ1) is 13.6. The van der Waals surface area contributed by atoms with E-state index in [1.54, 1.807) is 6.07 Å². The van der Waals surface area contributed by atoms with Crippen molar-refractivity contribution in [2.24, 2.45) is 5.92 Å². The van der Waals surface area contributed by atoms with Gasteiger partial charge in [-0.3, -0.25) is 9.59 Å². The number of nitrogens with zero attached hydrogens (tertiary/aromatic N) is 2. The average molecular weight is 379 g/mol. The topological polar surface area (TPSA) is 75.4 Å². The van der Waals surface area contributed by atoms with E-state index in [1.165, 1.54) is 29.2 Å². The number of benzene rings is 2. The molecule has 2 aromatic carbocycles. The second-order valence-electron chi connectivity index (χ2n) is 6.65. The molecule has 0 radical (unpaired) electrons. The quantitative estimate of drug-likeness (QED) is 0.739. The monoisotopic (exact) mass is 379 g/mol. The van der Waals surface area contributed by atoms with Crippen LogP contribution >= 0.6 is 0 Å². The summed E-state index contributed by atoms with van der Waals surface area (Å²) in [5.74, 6) is -0.574. The lowest BCUT2D eigenvalue weighted by Crippen LogP contribution is -2.32. The fourth-order valence-electron chi connectivity index (χ4n) is 3.21. The minimum Gasteiger partial charge on any atom is -0.356 e. The Hall–Kier alpha value is -3.48. The van der Waals surface area contributed by atoms with Gasteiger partial charge in [-0.15, -0.1) is 0 Å². The number of hydrogen-bond donors (Lipinski definition) is 1. The molecule has 6 nitrogen and oxygen atoms in total. The van der Waals surface area contributed by atoms with Crippen LogP contribution < -0.4 is 10.2 Å². The lowest BCUT2D eigenvalue weighted by atomic mass is 10.1. The first-order valence-electron chi connectivity index (χ1n) is 8.95. The number of carbonyl (C=O) groups excluding carboxylic acids is 2. The second-order valence-corrected chi connectivity index (χ2v) is 6.65. The van der Waals surface area contributed by atoms with E-state index in [2.05, 4.69) is 10.5 Å². The summed E-state index contributed by atoms with van der Waals surface area (Å²) in [5, 5.41) is 6.78. The highest BCUT2D eigenvalue weighted by molar-refractivity contribution is 6.00. The minimum atomic E-state index is -0.460. The van der Waals surface area contributed by atoms with Gasteiger partial charge in [0.05, 0.1) is 12.5 Å². The van der Waals surface area contributed by atoms with E-state index < -0.39 is 5.92 Å². The van der Waals surface area contributed by atoms with Crippen molar-refractivity contribution in [1.29, 1.82) is 0 Å². The molecule has 4 rings (SSSR count). The molecule has 1 aliphatic heterocycles. The van der Waals surface area contributed by atoms with Gasteiger partial charge >= 0.3 is 0 Å². The number of nitrogens with one attached hydrogen (secondary N) is 1. The molecule has 1 atom stereocenters. The molecule has 2 amide bonds. The largest absolute Gasteiger partial charge is 0.356 e. The molecule has 0 unspecified atom stereocenters. The van der Waals surface area contributed by atoms with Crippen molar-refractivity contribution in [3.63, 3.8) is 0 Å². The Morgan fingerprint density at radius 2 is 1.93 bits per heavy atom. The summed E-state index contributed by atoms with van der Waals surface area (Å²) in [6, 6.07) is 17.0. The Morgan fingerprint density at radius 3 is 2.68 bits per heavy atom. The fourth-order valence-corrected chi connectivity index (χ4v) is 3.21. The number of rotatable bonds is 5. The summed E-state index contributed by atoms with van der Waals surface area (Å²) in [7, 11) is 0. The maximum Gasteiger partial charge on any atom is 0.227 e. The molecule has 0 aliphatic carbocycles. The molecule has 1 saturated heterocycles. The average Bonchev–Trinajstić information content (AvgIpc) is 3.34. The van der Waals surface area contributed by atoms with Gasteiger partial charge in [0.25, 0.3) is 0 Å². The van der Waals surface area contributed by atoms with Gasteiger partial charge in [0.1, 0.15) is 11.5 Å². The van der Waals surface area contributed by atoms with E-state index in [1.807, 2.05) is 30.3 Å². The number of halogens is 1. The van der Waals surface area contributed by atoms with Crippen LogP contribution in [0.1, 0.15) is 12.1 Å². The molecule has 142 valence electrons. The molecule has 7 heteroatoms. The number of hydrogen-bond acceptors (Lipinski definition) is 4. The van der Waals surface area contributed by atoms with Crippen LogP contribution in [0.4, 0.5) is 10.1 Å². The molecule has 28 heavy (non-hydrogen) atoms. The van der Waals surface area contributed by atoms with Crippen LogP contribution in [0.25, 0.3) is 11.3 Å². The van der Waals surface area contributed by atoms with Gasteiger partial charge in [0, 0.05) is 30.3 Å². The van der Waals surface area contributed by atoms with Crippen molar-refractivity contribution in [1.82, 2.24) is 10.5 Å². The molecule has 1 aromatic heterocycles. The standard InChI is InChI=1S/C21H18FN3O3/c22-16-6-8-18(9-7-16)25-13-15(10-20(25)26)21(27)23-12-17-11-19(28-24-17)14-4-2-1-3-5-14/h1-9,11,15H,10,12-13H2,(H,23,27)/t15-/m0/s1. The molecule has 0 bridgehead atoms. The molecule has 1 fully saturated rings. The van der Waals surface area contributed by atoms with Gasteiger partial charge in [-0.2, -0.15) is 0 Å². The summed E-state index contributed by atoms with van der Waals surface area (Å²) >= 11 is 0. The van der Waals surface area contributed by atoms with Crippen LogP contribution in [0.3, 0.4) is 0 Å². The lowest BCUT2D eigenvalue weighted by Gasteiger charge is -2.16. The number of carbonyl (C=O) groups is 2. The zero-order valence-electron chi connectivity index (χ0n) is 15.0. The van der Waals surface area contributed by atoms with Crippen LogP contribution in [0.5, 0.6) is 0 Å². The van der Waals surface area contributed by atoms with Gasteiger partial charge < -0.3 is 14.7 Å². The van der Waals surface area contributed by atoms with Crippen molar-refractivity contribution in [3.05, 3.63) is 72.2 Å². The van der Waals surface area contributed by atoms with Crippen molar-refractivity contribution in [2.45, 2.75) is 13.0 Å². The molecular weight excluding hydrogens is 361 g/mol. The van der Waals surface area contributed by atoms with E-state index in [-0.39, 0.29) is 37.1 Å². The predicted molar refractivity (Wildman–Crippen MR) is 101 cm³/mol. The van der Waals surface area contributed by atoms with Crippen molar-refractivity contribution >= 4 is 17.5 Å². The smallest absolute Gasteiger partial charge is 0.227 e. The van der Waals surface area contributed by atoms with E-state index in [0.717, 1.165) is 5.56 Å². The fraction of sp³-hybridized carbons (Fsp3) is 0.190. The normalized spacial score (nSPS) is 16.4. The molecular formula is C21H18FN3O3. The molecule has 1 N–H and O–H groups in total. The molecule has 3 aromatic rings. The zero-order valence-corrected chi connectivity index (χ0v) is 15.0. The highest BCUT2D eigenvalue weighted by atomic mass is 19.1. The highest BCUT2D eigenvalue weighted by Gasteiger charge is 2.35. The summed E-state index contributed by atoms with van der Waals surface area (Å²) in [4.78, 5) is 26.2. The number of anilines is 1. The third kappa shape index (κ3) is 3.78. The van der Waals surface area contributed by atoms with E-state index in [4.69, 9.17) is 4.52 Å². The summed E-state index contributed by atoms with van der Waals surface area (Å²) in [6.45, 7) is 0.487. The Morgan fingerprint density at radius 1 is 1.18 bits per heavy atom. The predicted octanol–water partition coefficient (Wildman–Crippen LogP) is 3.15. The van der Waals surface area contributed by atoms with Crippen LogP contribution in [0.15, 0.2) is 65.2 Å². The Balaban J connectivity index is 1.35. The third-order valence-corrected chi connectivity index (χ3v) is 4.70. The van der Waals surface area contributed by atoms with Gasteiger partial charge in [-0.1, -0.05) is 35.5 Å². The Labute approximate surface area is 160 Å². The third-order valence-electron chi connectivity index (χ3n) is 4.70. The first kappa shape index (κ1) is 17.9. The van der Waals surface area contributed by atoms with Crippen molar-refractivity contribution < 1.29 is 18.5 Å². The Bertz CT molecular complexity index is 986. The first-order valence-corrected chi connectivity index (χ1v) is 8.95. The maximum atomic E-state index is 13.1. The minimum absolute atomic E-state index is 0.122. The molecule has 1 aliphatic rings. The molecule has 0 spiro atoms. The highest BCUT2D eigenvalue weighted by Crippen LogP contribution is 2.25. The van der Waals surface area contributed by atoms with Crippen LogP contribution in [-0.2, 0) is 16.1 Å². The zero-order chi connectivity index (χ0) is 19.5. The number of amides is 2. The second kappa shape index (κ2) is 7.64. The van der Waals surface area contributed by atoms with Crippen LogP contribution in [-0.4, -0.2) is 23.5 Å². The van der Waals surface area contributed by atoms with Gasteiger partial charge in [0.2, 0.25) is 11.8 Å². The van der Waals surface area contributed by atoms with Gasteiger partial charge in [-0.05, 0) is 24.3 Å². The van der Waals surface area contributed by atoms with Gasteiger partial charge in [-0.25, -0.2) is 4.39 Å². The molecule has 2 heterocycles. The van der Waals surface area contributed by atoms with Crippen LogP contribution in [0, 0.1) is 11.7 Å². The maximum absolute atomic E-state index is 13.1. The van der Waals surface area contributed by atoms with Crippen molar-refractivity contribution in [3.8, 4) is 11.3 Å². The lowest BCUT2D eigenvalue weighted by molar-refractivity contribution is -0.126. The van der Waals surface area contributed by atoms with Gasteiger partial charge in [0.15, 0.2) is 5.76 Å². The van der Waals surface area contributed by atoms with Crippen LogP contribution in [0.2, 0.25) is 0 Å². The van der Waals surface area contributed by atoms with E-state index in [9.17, 15) is 14.0 Å². The Kier molecular flexibility index (Phi) is 4.89. The van der Waals surface area contributed by atoms with E-state index in [0.29, 0.717) is 17.1 Å². The summed E-state index contributed by atoms with van der Waals surface area (Å²) in [6.07, 6.45) is 0.122. The summed E-state index contributed by atoms with van der Waals surface area (Å²) in [5.41, 5.74) is 2.10. The van der Waals surface area contributed by atoms with E-state index >= 15 is 0 Å².